The lowest BCUT2D eigenvalue weighted by Gasteiger charge is -2.44. The molecule has 6 aliphatic rings. The van der Waals surface area contributed by atoms with Gasteiger partial charge in [0.1, 0.15) is 11.2 Å². The summed E-state index contributed by atoms with van der Waals surface area (Å²) in [5, 5.41) is 81.3. The quantitative estimate of drug-likeness (QED) is 0.101. The van der Waals surface area contributed by atoms with Crippen molar-refractivity contribution in [3.63, 3.8) is 0 Å². The van der Waals surface area contributed by atoms with Crippen molar-refractivity contribution in [1.29, 1.82) is 0 Å². The van der Waals surface area contributed by atoms with E-state index in [2.05, 4.69) is 76.3 Å². The third-order valence-electron chi connectivity index (χ3n) is 17.0. The molecule has 0 radical (unpaired) electrons. The van der Waals surface area contributed by atoms with E-state index in [1.54, 1.807) is 0 Å². The molecular formula is C54H88O8. The summed E-state index contributed by atoms with van der Waals surface area (Å²) in [6, 6.07) is 0. The van der Waals surface area contributed by atoms with Gasteiger partial charge in [-0.3, -0.25) is 0 Å². The van der Waals surface area contributed by atoms with E-state index in [1.165, 1.54) is 76.4 Å². The molecule has 8 heteroatoms. The van der Waals surface area contributed by atoms with Crippen molar-refractivity contribution in [1.82, 2.24) is 0 Å². The Bertz CT molecular complexity index is 1540. The third kappa shape index (κ3) is 11.9. The van der Waals surface area contributed by atoms with E-state index in [1.807, 2.05) is 27.7 Å². The van der Waals surface area contributed by atoms with Gasteiger partial charge in [0.05, 0.1) is 35.6 Å². The first-order valence-corrected chi connectivity index (χ1v) is 24.4. The molecule has 0 amide bonds. The molecule has 352 valence electrons. The Morgan fingerprint density at radius 2 is 0.871 bits per heavy atom. The van der Waals surface area contributed by atoms with Crippen LogP contribution in [0.4, 0.5) is 0 Å². The molecule has 6 rings (SSSR count). The second-order valence-electron chi connectivity index (χ2n) is 23.3. The van der Waals surface area contributed by atoms with E-state index in [0.29, 0.717) is 84.9 Å². The molecule has 0 aliphatic heterocycles. The molecule has 0 aromatic rings. The highest BCUT2D eigenvalue weighted by Crippen LogP contribution is 2.61. The molecule has 0 bridgehead atoms. The lowest BCUT2D eigenvalue weighted by Crippen LogP contribution is -2.52. The maximum absolute atomic E-state index is 10.2. The van der Waals surface area contributed by atoms with Gasteiger partial charge in [0, 0.05) is 0 Å². The number of allylic oxidation sites excluding steroid dienone is 8. The zero-order valence-electron chi connectivity index (χ0n) is 40.3. The molecular weight excluding hydrogens is 777 g/mol. The van der Waals surface area contributed by atoms with Gasteiger partial charge in [0.25, 0.3) is 0 Å². The molecule has 6 saturated carbocycles. The van der Waals surface area contributed by atoms with Crippen LogP contribution in [0.15, 0.2) is 70.9 Å². The van der Waals surface area contributed by atoms with Crippen LogP contribution in [0.25, 0.3) is 0 Å². The molecule has 8 nitrogen and oxygen atoms in total. The maximum atomic E-state index is 10.2. The van der Waals surface area contributed by atoms with Crippen molar-refractivity contribution in [3.8, 4) is 0 Å². The minimum Gasteiger partial charge on any atom is -0.390 e. The van der Waals surface area contributed by atoms with Crippen LogP contribution in [-0.4, -0.2) is 87.7 Å². The maximum Gasteiger partial charge on any atom is 0.114 e. The van der Waals surface area contributed by atoms with Crippen molar-refractivity contribution in [3.05, 3.63) is 70.9 Å². The van der Waals surface area contributed by atoms with Crippen molar-refractivity contribution in [2.45, 2.75) is 219 Å². The van der Waals surface area contributed by atoms with Crippen LogP contribution in [-0.2, 0) is 0 Å². The summed E-state index contributed by atoms with van der Waals surface area (Å²) in [7, 11) is 0. The number of aliphatic hydroxyl groups excluding tert-OH is 4. The van der Waals surface area contributed by atoms with Gasteiger partial charge in [-0.1, -0.05) is 98.6 Å². The summed E-state index contributed by atoms with van der Waals surface area (Å²) in [6.45, 7) is 20.0. The molecule has 8 N–H and O–H groups in total. The Morgan fingerprint density at radius 1 is 0.548 bits per heavy atom. The van der Waals surface area contributed by atoms with Crippen molar-refractivity contribution in [2.75, 3.05) is 0 Å². The first-order valence-electron chi connectivity index (χ1n) is 24.4. The summed E-state index contributed by atoms with van der Waals surface area (Å²) in [5.41, 5.74) is 1.50. The highest BCUT2D eigenvalue weighted by Gasteiger charge is 2.52. The molecule has 6 fully saturated rings. The van der Waals surface area contributed by atoms with Crippen molar-refractivity contribution < 1.29 is 40.9 Å². The van der Waals surface area contributed by atoms with Gasteiger partial charge in [-0.05, 0) is 191 Å². The minimum absolute atomic E-state index is 0.302. The Balaban J connectivity index is 0.000000234. The molecule has 0 aromatic heterocycles. The van der Waals surface area contributed by atoms with Crippen molar-refractivity contribution >= 4 is 0 Å². The second kappa shape index (κ2) is 19.9. The molecule has 12 atom stereocenters. The predicted molar refractivity (Wildman–Crippen MR) is 251 cm³/mol. The van der Waals surface area contributed by atoms with Crippen LogP contribution in [0.2, 0.25) is 0 Å². The number of hydrogen-bond acceptors (Lipinski definition) is 8. The van der Waals surface area contributed by atoms with E-state index >= 15 is 0 Å². The lowest BCUT2D eigenvalue weighted by molar-refractivity contribution is -0.144. The van der Waals surface area contributed by atoms with Crippen LogP contribution in [0, 0.1) is 46.3 Å². The van der Waals surface area contributed by atoms with Gasteiger partial charge < -0.3 is 40.9 Å². The van der Waals surface area contributed by atoms with Crippen LogP contribution in [0.5, 0.6) is 0 Å². The van der Waals surface area contributed by atoms with Crippen LogP contribution < -0.4 is 0 Å². The fraction of sp³-hybridized carbons (Fsp3) is 0.778. The Hall–Kier alpha value is -1.88. The lowest BCUT2D eigenvalue weighted by atomic mass is 9.61. The number of aliphatic hydroxyl groups is 8. The first kappa shape index (κ1) is 51.1. The molecule has 0 saturated heterocycles. The van der Waals surface area contributed by atoms with E-state index < -0.39 is 46.8 Å². The average molecular weight is 865 g/mol. The van der Waals surface area contributed by atoms with Crippen LogP contribution in [0.3, 0.4) is 0 Å². The standard InChI is InChI=1S/2C27H44O4/c2*1-18(8-6-14-25(2,3)30)21-12-13-22-20(9-7-15-26(21,22)4)11-10-19-16-23(28)27(5,31)24(29)17-19/h2*6,8,10-11,18,21-24,28-31H,7,9,12-17H2,1-5H3/b2*8-6+,19-10?,20-11+/t2*18-,21?,22?,23-,24-,26?,27?/m11/s1. The number of rotatable bonds is 10. The van der Waals surface area contributed by atoms with Crippen LogP contribution >= 0.6 is 0 Å². The van der Waals surface area contributed by atoms with Gasteiger partial charge in [-0.15, -0.1) is 0 Å². The fourth-order valence-electron chi connectivity index (χ4n) is 12.8. The van der Waals surface area contributed by atoms with Crippen molar-refractivity contribution in [2.24, 2.45) is 46.3 Å². The summed E-state index contributed by atoms with van der Waals surface area (Å²) < 4.78 is 0. The molecule has 62 heavy (non-hydrogen) atoms. The Labute approximate surface area is 375 Å². The normalized spacial score (nSPS) is 41.6. The smallest absolute Gasteiger partial charge is 0.114 e. The first-order chi connectivity index (χ1) is 28.7. The van der Waals surface area contributed by atoms with Gasteiger partial charge in [-0.2, -0.15) is 0 Å². The zero-order valence-corrected chi connectivity index (χ0v) is 40.3. The number of hydrogen-bond donors (Lipinski definition) is 8. The predicted octanol–water partition coefficient (Wildman–Crippen LogP) is 9.35. The van der Waals surface area contributed by atoms with Gasteiger partial charge in [-0.25, -0.2) is 0 Å². The third-order valence-corrected chi connectivity index (χ3v) is 17.0. The average Bonchev–Trinajstić information content (AvgIpc) is 3.71. The zero-order chi connectivity index (χ0) is 46.1. The number of fused-ring (bicyclic) bond motifs is 2. The Kier molecular flexibility index (Phi) is 16.4. The largest absolute Gasteiger partial charge is 0.390 e. The van der Waals surface area contributed by atoms with E-state index in [0.717, 1.165) is 24.0 Å². The Morgan fingerprint density at radius 3 is 1.18 bits per heavy atom. The van der Waals surface area contributed by atoms with Gasteiger partial charge >= 0.3 is 0 Å². The second-order valence-corrected chi connectivity index (χ2v) is 23.3. The SMILES string of the molecule is C[C@H](/C=C/CC(C)(C)O)C1CCC2/C(=C/C=C3C[C@@H](O)C(C)(O)[C@H](O)C3)CCCC21C.C[C@H](/C=C/CC(C)(C)O)C1CCC2/C(=C/C=C3C[C@@H](O)C(C)(O)[C@H](O)C3)CCCC21C. The van der Waals surface area contributed by atoms with E-state index in [9.17, 15) is 40.9 Å². The highest BCUT2D eigenvalue weighted by atomic mass is 16.4. The van der Waals surface area contributed by atoms with Gasteiger partial charge in [0.2, 0.25) is 0 Å². The summed E-state index contributed by atoms with van der Waals surface area (Å²) in [5.74, 6) is 3.49. The summed E-state index contributed by atoms with van der Waals surface area (Å²) in [4.78, 5) is 0. The van der Waals surface area contributed by atoms with Crippen LogP contribution in [0.1, 0.15) is 172 Å². The summed E-state index contributed by atoms with van der Waals surface area (Å²) in [6.07, 6.45) is 29.1. The molecule has 0 spiro atoms. The molecule has 0 heterocycles. The highest BCUT2D eigenvalue weighted by molar-refractivity contribution is 5.29. The monoisotopic (exact) mass is 865 g/mol. The molecule has 6 unspecified atom stereocenters. The fourth-order valence-corrected chi connectivity index (χ4v) is 12.8. The molecule has 6 aliphatic carbocycles. The van der Waals surface area contributed by atoms with E-state index in [-0.39, 0.29) is 0 Å². The minimum atomic E-state index is -1.43. The van der Waals surface area contributed by atoms with E-state index in [4.69, 9.17) is 0 Å². The van der Waals surface area contributed by atoms with Gasteiger partial charge in [0.15, 0.2) is 0 Å². The topological polar surface area (TPSA) is 162 Å². The summed E-state index contributed by atoms with van der Waals surface area (Å²) >= 11 is 0. The molecule has 0 aromatic carbocycles.